The van der Waals surface area contributed by atoms with E-state index in [4.69, 9.17) is 5.73 Å². The monoisotopic (exact) mass is 288 g/mol. The third-order valence-electron chi connectivity index (χ3n) is 3.82. The van der Waals surface area contributed by atoms with Crippen LogP contribution in [0.1, 0.15) is 48.5 Å². The molecule has 0 spiro atoms. The Hall–Kier alpha value is -1.86. The summed E-state index contributed by atoms with van der Waals surface area (Å²) >= 11 is 0. The molecular formula is C17H21FN2O. The van der Waals surface area contributed by atoms with Crippen LogP contribution in [0.3, 0.4) is 0 Å². The number of carbonyl (C=O) groups excluding carboxylic acids is 1. The molecule has 1 aliphatic carbocycles. The van der Waals surface area contributed by atoms with Gasteiger partial charge >= 0.3 is 0 Å². The molecule has 0 aromatic heterocycles. The van der Waals surface area contributed by atoms with Gasteiger partial charge in [0.15, 0.2) is 0 Å². The zero-order valence-electron chi connectivity index (χ0n) is 12.3. The van der Waals surface area contributed by atoms with Crippen molar-refractivity contribution in [3.63, 3.8) is 0 Å². The lowest BCUT2D eigenvalue weighted by atomic mass is 9.87. The minimum Gasteiger partial charge on any atom is -0.349 e. The zero-order chi connectivity index (χ0) is 15.2. The Morgan fingerprint density at radius 2 is 2.29 bits per heavy atom. The van der Waals surface area contributed by atoms with Crippen molar-refractivity contribution in [1.29, 1.82) is 0 Å². The van der Waals surface area contributed by atoms with Crippen LogP contribution in [0.5, 0.6) is 0 Å². The third kappa shape index (κ3) is 4.30. The largest absolute Gasteiger partial charge is 0.349 e. The molecule has 2 atom stereocenters. The van der Waals surface area contributed by atoms with Crippen molar-refractivity contribution in [1.82, 2.24) is 5.32 Å². The summed E-state index contributed by atoms with van der Waals surface area (Å²) in [5.74, 6) is 5.25. The zero-order valence-corrected chi connectivity index (χ0v) is 12.3. The minimum absolute atomic E-state index is 0.0528. The van der Waals surface area contributed by atoms with E-state index in [9.17, 15) is 9.18 Å². The van der Waals surface area contributed by atoms with Crippen molar-refractivity contribution in [2.75, 3.05) is 6.54 Å². The standard InChI is InChI=1S/C17H21FN2O/c1-12-4-2-6-14(10-12)20-17(21)15-11-13(5-3-9-19)7-8-16(15)18/h7-8,11-12,14H,2,4,6,9-10,19H2,1H3,(H,20,21). The number of amides is 1. The summed E-state index contributed by atoms with van der Waals surface area (Å²) in [5, 5.41) is 2.94. The van der Waals surface area contributed by atoms with E-state index in [1.165, 1.54) is 18.6 Å². The first-order chi connectivity index (χ1) is 10.1. The minimum atomic E-state index is -0.519. The molecule has 3 nitrogen and oxygen atoms in total. The molecule has 0 radical (unpaired) electrons. The fourth-order valence-electron chi connectivity index (χ4n) is 2.76. The maximum absolute atomic E-state index is 13.8. The van der Waals surface area contributed by atoms with E-state index in [-0.39, 0.29) is 24.1 Å². The summed E-state index contributed by atoms with van der Waals surface area (Å²) < 4.78 is 13.8. The molecule has 0 aliphatic heterocycles. The Morgan fingerprint density at radius 3 is 3.00 bits per heavy atom. The topological polar surface area (TPSA) is 55.1 Å². The van der Waals surface area contributed by atoms with Gasteiger partial charge in [0.25, 0.3) is 5.91 Å². The maximum atomic E-state index is 13.8. The van der Waals surface area contributed by atoms with Crippen molar-refractivity contribution in [2.45, 2.75) is 38.6 Å². The van der Waals surface area contributed by atoms with Crippen molar-refractivity contribution in [2.24, 2.45) is 11.7 Å². The molecular weight excluding hydrogens is 267 g/mol. The van der Waals surface area contributed by atoms with E-state index in [0.29, 0.717) is 11.5 Å². The predicted molar refractivity (Wildman–Crippen MR) is 81.2 cm³/mol. The van der Waals surface area contributed by atoms with Gasteiger partial charge in [0.1, 0.15) is 5.82 Å². The molecule has 1 saturated carbocycles. The number of nitrogens with one attached hydrogen (secondary N) is 1. The number of rotatable bonds is 2. The van der Waals surface area contributed by atoms with Gasteiger partial charge in [0.05, 0.1) is 12.1 Å². The number of carbonyl (C=O) groups is 1. The number of benzene rings is 1. The fourth-order valence-corrected chi connectivity index (χ4v) is 2.76. The Morgan fingerprint density at radius 1 is 1.48 bits per heavy atom. The number of nitrogens with two attached hydrogens (primary N) is 1. The molecule has 2 unspecified atom stereocenters. The van der Waals surface area contributed by atoms with Gasteiger partial charge in [-0.1, -0.05) is 31.6 Å². The average molecular weight is 288 g/mol. The maximum Gasteiger partial charge on any atom is 0.254 e. The summed E-state index contributed by atoms with van der Waals surface area (Å²) in [7, 11) is 0. The van der Waals surface area contributed by atoms with Gasteiger partial charge in [0.2, 0.25) is 0 Å². The Balaban J connectivity index is 2.10. The normalized spacial score (nSPS) is 21.3. The van der Waals surface area contributed by atoms with E-state index < -0.39 is 5.82 Å². The summed E-state index contributed by atoms with van der Waals surface area (Å²) in [6, 6.07) is 4.45. The molecule has 1 aromatic carbocycles. The molecule has 112 valence electrons. The van der Waals surface area contributed by atoms with Crippen molar-refractivity contribution >= 4 is 5.91 Å². The Labute approximate surface area is 125 Å². The van der Waals surface area contributed by atoms with Crippen LogP contribution < -0.4 is 11.1 Å². The van der Waals surface area contributed by atoms with Crippen LogP contribution in [0.25, 0.3) is 0 Å². The smallest absolute Gasteiger partial charge is 0.254 e. The quantitative estimate of drug-likeness (QED) is 0.821. The highest BCUT2D eigenvalue weighted by Crippen LogP contribution is 2.24. The number of halogens is 1. The molecule has 1 amide bonds. The first-order valence-corrected chi connectivity index (χ1v) is 7.39. The first kappa shape index (κ1) is 15.5. The Bertz CT molecular complexity index is 574. The lowest BCUT2D eigenvalue weighted by Crippen LogP contribution is -2.38. The van der Waals surface area contributed by atoms with Crippen molar-refractivity contribution in [3.8, 4) is 11.8 Å². The highest BCUT2D eigenvalue weighted by molar-refractivity contribution is 5.95. The van der Waals surface area contributed by atoms with Gasteiger partial charge in [-0.15, -0.1) is 0 Å². The van der Waals surface area contributed by atoms with Gasteiger partial charge < -0.3 is 11.1 Å². The van der Waals surface area contributed by atoms with E-state index in [0.717, 1.165) is 19.3 Å². The van der Waals surface area contributed by atoms with Gasteiger partial charge in [-0.25, -0.2) is 4.39 Å². The van der Waals surface area contributed by atoms with Crippen molar-refractivity contribution in [3.05, 3.63) is 35.1 Å². The third-order valence-corrected chi connectivity index (χ3v) is 3.82. The van der Waals surface area contributed by atoms with Crippen LogP contribution in [-0.4, -0.2) is 18.5 Å². The van der Waals surface area contributed by atoms with Crippen LogP contribution in [0.4, 0.5) is 4.39 Å². The highest BCUT2D eigenvalue weighted by atomic mass is 19.1. The molecule has 1 aliphatic rings. The second kappa shape index (κ2) is 7.24. The highest BCUT2D eigenvalue weighted by Gasteiger charge is 2.22. The van der Waals surface area contributed by atoms with E-state index in [1.54, 1.807) is 6.07 Å². The van der Waals surface area contributed by atoms with Gasteiger partial charge in [-0.3, -0.25) is 4.79 Å². The van der Waals surface area contributed by atoms with Gasteiger partial charge in [0, 0.05) is 11.6 Å². The summed E-state index contributed by atoms with van der Waals surface area (Å²) in [5.41, 5.74) is 5.97. The molecule has 0 bridgehead atoms. The second-order valence-corrected chi connectivity index (χ2v) is 5.64. The van der Waals surface area contributed by atoms with Crippen molar-refractivity contribution < 1.29 is 9.18 Å². The number of hydrogen-bond acceptors (Lipinski definition) is 2. The molecule has 0 saturated heterocycles. The predicted octanol–water partition coefficient (Wildman–Crippen LogP) is 2.44. The van der Waals surface area contributed by atoms with Crippen LogP contribution >= 0.6 is 0 Å². The molecule has 0 heterocycles. The van der Waals surface area contributed by atoms with E-state index in [1.807, 2.05) is 0 Å². The number of hydrogen-bond donors (Lipinski definition) is 2. The van der Waals surface area contributed by atoms with E-state index >= 15 is 0 Å². The molecule has 4 heteroatoms. The van der Waals surface area contributed by atoms with Gasteiger partial charge in [-0.2, -0.15) is 0 Å². The second-order valence-electron chi connectivity index (χ2n) is 5.64. The fraction of sp³-hybridized carbons (Fsp3) is 0.471. The van der Waals surface area contributed by atoms with Crippen LogP contribution in [0.15, 0.2) is 18.2 Å². The Kier molecular flexibility index (Phi) is 5.35. The lowest BCUT2D eigenvalue weighted by molar-refractivity contribution is 0.0917. The van der Waals surface area contributed by atoms with Gasteiger partial charge in [-0.05, 0) is 37.0 Å². The molecule has 1 fully saturated rings. The first-order valence-electron chi connectivity index (χ1n) is 7.39. The summed E-state index contributed by atoms with van der Waals surface area (Å²) in [6.45, 7) is 2.42. The average Bonchev–Trinajstić information content (AvgIpc) is 2.46. The molecule has 3 N–H and O–H groups in total. The molecule has 2 rings (SSSR count). The molecule has 21 heavy (non-hydrogen) atoms. The van der Waals surface area contributed by atoms with E-state index in [2.05, 4.69) is 24.1 Å². The van der Waals surface area contributed by atoms with Crippen LogP contribution in [0, 0.1) is 23.6 Å². The van der Waals surface area contributed by atoms with Crippen LogP contribution in [0.2, 0.25) is 0 Å². The summed E-state index contributed by atoms with van der Waals surface area (Å²) in [6.07, 6.45) is 4.23. The lowest BCUT2D eigenvalue weighted by Gasteiger charge is -2.27. The summed E-state index contributed by atoms with van der Waals surface area (Å²) in [4.78, 5) is 12.2. The van der Waals surface area contributed by atoms with Crippen LogP contribution in [-0.2, 0) is 0 Å². The molecule has 1 aromatic rings. The SMILES string of the molecule is CC1CCCC(NC(=O)c2cc(C#CCN)ccc2F)C1.